The summed E-state index contributed by atoms with van der Waals surface area (Å²) >= 11 is 0. The molecule has 5 rings (SSSR count). The fourth-order valence-electron chi connectivity index (χ4n) is 6.25. The molecular weight excluding hydrogens is 470 g/mol. The number of carboxylic acids is 1. The number of aromatic nitrogens is 2. The predicted octanol–water partition coefficient (Wildman–Crippen LogP) is 5.08. The smallest absolute Gasteiger partial charge is 0.414 e. The number of nitrogens with zero attached hydrogens (tertiary/aromatic N) is 3. The Balaban J connectivity index is 1.66. The lowest BCUT2D eigenvalue weighted by Crippen LogP contribution is -2.42. The summed E-state index contributed by atoms with van der Waals surface area (Å²) in [7, 11) is 1.39. The van der Waals surface area contributed by atoms with Crippen LogP contribution >= 0.6 is 0 Å². The van der Waals surface area contributed by atoms with E-state index in [1.807, 2.05) is 49.4 Å². The number of aryl methyl sites for hydroxylation is 1. The van der Waals surface area contributed by atoms with Crippen molar-refractivity contribution < 1.29 is 24.5 Å². The number of carbonyl (C=O) groups excluding carboxylic acids is 1. The van der Waals surface area contributed by atoms with Crippen molar-refractivity contribution in [2.45, 2.75) is 69.9 Å². The third-order valence-corrected chi connectivity index (χ3v) is 8.16. The maximum Gasteiger partial charge on any atom is 0.414 e. The van der Waals surface area contributed by atoms with Gasteiger partial charge in [-0.3, -0.25) is 9.69 Å². The Morgan fingerprint density at radius 1 is 1.14 bits per heavy atom. The number of ether oxygens (including phenoxy) is 1. The first-order chi connectivity index (χ1) is 17.9. The van der Waals surface area contributed by atoms with Gasteiger partial charge in [0.15, 0.2) is 0 Å². The van der Waals surface area contributed by atoms with Gasteiger partial charge in [0, 0.05) is 30.7 Å². The molecule has 37 heavy (non-hydrogen) atoms. The molecule has 4 atom stereocenters. The first kappa shape index (κ1) is 25.3. The highest BCUT2D eigenvalue weighted by Crippen LogP contribution is 2.41. The van der Waals surface area contributed by atoms with Crippen molar-refractivity contribution in [2.24, 2.45) is 5.92 Å². The Bertz CT molecular complexity index is 1290. The summed E-state index contributed by atoms with van der Waals surface area (Å²) in [6.07, 6.45) is 5.25. The fraction of sp³-hybridized carbons (Fsp3) is 0.483. The van der Waals surface area contributed by atoms with Crippen LogP contribution in [0.3, 0.4) is 0 Å². The zero-order valence-electron chi connectivity index (χ0n) is 21.5. The maximum atomic E-state index is 12.6. The molecule has 0 bridgehead atoms. The number of rotatable bonds is 6. The standard InChI is InChI=1S/C29H35N3O5/c1-18-11-12-22-24(31(18)29(36)37-2)13-14-25-27(22)30-26(32(25)21-10-6-7-19(15-21)17-33)16-23(28(34)35)20-8-4-3-5-9-20/h3-5,8-9,13-14,18-19,21,23,33H,6-7,10-12,15-17H2,1-2H3,(H,34,35)/t18-,19+,21-,23-/m1/s1. The number of methoxy groups -OCH3 is 1. The highest BCUT2D eigenvalue weighted by atomic mass is 16.5. The molecule has 2 heterocycles. The molecular formula is C29H35N3O5. The van der Waals surface area contributed by atoms with Crippen LogP contribution in [0.25, 0.3) is 11.0 Å². The third kappa shape index (κ3) is 4.70. The van der Waals surface area contributed by atoms with Crippen LogP contribution < -0.4 is 4.90 Å². The Morgan fingerprint density at radius 2 is 1.92 bits per heavy atom. The SMILES string of the molecule is COC(=O)N1c2ccc3c(nc(C[C@@H](C(=O)O)c4ccccc4)n3[C@@H]3CCC[C@H](CO)C3)c2CC[C@H]1C. The van der Waals surface area contributed by atoms with Crippen molar-refractivity contribution in [1.29, 1.82) is 0 Å². The molecule has 1 aliphatic carbocycles. The molecule has 0 radical (unpaired) electrons. The van der Waals surface area contributed by atoms with Crippen LogP contribution in [-0.2, 0) is 22.4 Å². The molecule has 1 amide bonds. The number of anilines is 1. The first-order valence-corrected chi connectivity index (χ1v) is 13.2. The topological polar surface area (TPSA) is 105 Å². The lowest BCUT2D eigenvalue weighted by atomic mass is 9.85. The van der Waals surface area contributed by atoms with E-state index < -0.39 is 11.9 Å². The Labute approximate surface area is 216 Å². The van der Waals surface area contributed by atoms with Gasteiger partial charge in [-0.1, -0.05) is 36.8 Å². The molecule has 2 aromatic carbocycles. The average Bonchev–Trinajstić information content (AvgIpc) is 3.30. The van der Waals surface area contributed by atoms with Crippen molar-refractivity contribution in [2.75, 3.05) is 18.6 Å². The van der Waals surface area contributed by atoms with E-state index >= 15 is 0 Å². The van der Waals surface area contributed by atoms with E-state index in [1.165, 1.54) is 7.11 Å². The molecule has 8 heteroatoms. The van der Waals surface area contributed by atoms with Crippen molar-refractivity contribution in [3.8, 4) is 0 Å². The maximum absolute atomic E-state index is 12.6. The number of aliphatic carboxylic acids is 1. The minimum atomic E-state index is -0.880. The van der Waals surface area contributed by atoms with Gasteiger partial charge in [0.2, 0.25) is 0 Å². The third-order valence-electron chi connectivity index (χ3n) is 8.16. The van der Waals surface area contributed by atoms with Crippen LogP contribution in [0.15, 0.2) is 42.5 Å². The molecule has 1 fully saturated rings. The van der Waals surface area contributed by atoms with Crippen LogP contribution in [-0.4, -0.2) is 51.6 Å². The second-order valence-electron chi connectivity index (χ2n) is 10.4. The molecule has 0 unspecified atom stereocenters. The van der Waals surface area contributed by atoms with Gasteiger partial charge in [0.05, 0.1) is 29.7 Å². The summed E-state index contributed by atoms with van der Waals surface area (Å²) in [4.78, 5) is 31.8. The summed E-state index contributed by atoms with van der Waals surface area (Å²) in [6, 6.07) is 13.4. The van der Waals surface area contributed by atoms with Crippen LogP contribution in [0.4, 0.5) is 10.5 Å². The van der Waals surface area contributed by atoms with Crippen LogP contribution in [0.5, 0.6) is 0 Å². The number of aliphatic hydroxyl groups excluding tert-OH is 1. The molecule has 1 aromatic heterocycles. The minimum Gasteiger partial charge on any atom is -0.481 e. The van der Waals surface area contributed by atoms with Gasteiger partial charge >= 0.3 is 12.1 Å². The van der Waals surface area contributed by atoms with E-state index in [0.717, 1.165) is 72.2 Å². The number of fused-ring (bicyclic) bond motifs is 3. The number of carbonyl (C=O) groups is 2. The van der Waals surface area contributed by atoms with E-state index in [1.54, 1.807) is 4.90 Å². The first-order valence-electron chi connectivity index (χ1n) is 13.2. The summed E-state index contributed by atoms with van der Waals surface area (Å²) in [5.41, 5.74) is 4.36. The summed E-state index contributed by atoms with van der Waals surface area (Å²) in [6.45, 7) is 2.17. The van der Waals surface area contributed by atoms with E-state index in [4.69, 9.17) is 9.72 Å². The normalized spacial score (nSPS) is 22.5. The van der Waals surface area contributed by atoms with Gasteiger partial charge in [-0.15, -0.1) is 0 Å². The molecule has 0 spiro atoms. The largest absolute Gasteiger partial charge is 0.481 e. The van der Waals surface area contributed by atoms with Gasteiger partial charge in [-0.05, 0) is 62.6 Å². The van der Waals surface area contributed by atoms with Gasteiger partial charge in [0.1, 0.15) is 5.82 Å². The number of hydrogen-bond acceptors (Lipinski definition) is 5. The number of imidazole rings is 1. The lowest BCUT2D eigenvalue weighted by Gasteiger charge is -2.34. The Morgan fingerprint density at radius 3 is 2.62 bits per heavy atom. The second kappa shape index (κ2) is 10.5. The average molecular weight is 506 g/mol. The van der Waals surface area contributed by atoms with Gasteiger partial charge < -0.3 is 19.5 Å². The Kier molecular flexibility index (Phi) is 7.20. The Hall–Kier alpha value is -3.39. The molecule has 8 nitrogen and oxygen atoms in total. The van der Waals surface area contributed by atoms with E-state index in [-0.39, 0.29) is 37.1 Å². The number of carboxylic acid groups (broad SMARTS) is 1. The summed E-state index contributed by atoms with van der Waals surface area (Å²) in [5.74, 6) is -0.640. The van der Waals surface area contributed by atoms with Crippen LogP contribution in [0.1, 0.15) is 67.9 Å². The van der Waals surface area contributed by atoms with Crippen molar-refractivity contribution in [3.05, 3.63) is 59.4 Å². The van der Waals surface area contributed by atoms with Crippen molar-refractivity contribution >= 4 is 28.8 Å². The van der Waals surface area contributed by atoms with E-state index in [0.29, 0.717) is 0 Å². The summed E-state index contributed by atoms with van der Waals surface area (Å²) in [5, 5.41) is 20.1. The van der Waals surface area contributed by atoms with E-state index in [2.05, 4.69) is 4.57 Å². The van der Waals surface area contributed by atoms with Crippen LogP contribution in [0, 0.1) is 5.92 Å². The molecule has 3 aromatic rings. The molecule has 1 aliphatic heterocycles. The van der Waals surface area contributed by atoms with Crippen molar-refractivity contribution in [1.82, 2.24) is 9.55 Å². The molecule has 2 N–H and O–H groups in total. The number of aliphatic hydroxyl groups is 1. The van der Waals surface area contributed by atoms with Crippen LogP contribution in [0.2, 0.25) is 0 Å². The molecule has 1 saturated carbocycles. The predicted molar refractivity (Wildman–Crippen MR) is 141 cm³/mol. The second-order valence-corrected chi connectivity index (χ2v) is 10.4. The van der Waals surface area contributed by atoms with Gasteiger partial charge in [-0.2, -0.15) is 0 Å². The zero-order chi connectivity index (χ0) is 26.1. The van der Waals surface area contributed by atoms with Crippen molar-refractivity contribution in [3.63, 3.8) is 0 Å². The highest BCUT2D eigenvalue weighted by molar-refractivity contribution is 5.95. The quantitative estimate of drug-likeness (QED) is 0.484. The molecule has 0 saturated heterocycles. The van der Waals surface area contributed by atoms with E-state index in [9.17, 15) is 19.8 Å². The number of amides is 1. The highest BCUT2D eigenvalue weighted by Gasteiger charge is 2.34. The molecule has 196 valence electrons. The lowest BCUT2D eigenvalue weighted by molar-refractivity contribution is -0.138. The molecule has 2 aliphatic rings. The monoisotopic (exact) mass is 505 g/mol. The number of hydrogen-bond donors (Lipinski definition) is 2. The minimum absolute atomic E-state index is 0.0112. The van der Waals surface area contributed by atoms with Gasteiger partial charge in [-0.25, -0.2) is 9.78 Å². The van der Waals surface area contributed by atoms with Gasteiger partial charge in [0.25, 0.3) is 0 Å². The fourth-order valence-corrected chi connectivity index (χ4v) is 6.25. The summed E-state index contributed by atoms with van der Waals surface area (Å²) < 4.78 is 7.31. The number of benzene rings is 2. The zero-order valence-corrected chi connectivity index (χ0v) is 21.5.